The molecule has 0 aliphatic heterocycles. The van der Waals surface area contributed by atoms with Crippen molar-refractivity contribution >= 4 is 5.91 Å². The molecule has 5 nitrogen and oxygen atoms in total. The quantitative estimate of drug-likeness (QED) is 0.686. The maximum atomic E-state index is 11.6. The summed E-state index contributed by atoms with van der Waals surface area (Å²) < 4.78 is 0. The number of aliphatic hydroxyl groups excluding tert-OH is 1. The third-order valence-corrected chi connectivity index (χ3v) is 2.24. The fourth-order valence-corrected chi connectivity index (χ4v) is 1.37. The Hall–Kier alpha value is -1.80. The van der Waals surface area contributed by atoms with Gasteiger partial charge in [0.25, 0.3) is 5.91 Å². The van der Waals surface area contributed by atoms with Crippen molar-refractivity contribution in [1.82, 2.24) is 10.3 Å². The zero-order valence-corrected chi connectivity index (χ0v) is 9.16. The average Bonchev–Trinajstić information content (AvgIpc) is 2.74. The molecule has 5 heteroatoms. The lowest BCUT2D eigenvalue weighted by Crippen LogP contribution is -2.32. The molecule has 1 atom stereocenters. The smallest absolute Gasteiger partial charge is 0.253 e. The maximum absolute atomic E-state index is 11.6. The molecule has 1 aromatic rings. The first kappa shape index (κ1) is 12.3. The van der Waals surface area contributed by atoms with Gasteiger partial charge in [-0.3, -0.25) is 4.79 Å². The van der Waals surface area contributed by atoms with Gasteiger partial charge < -0.3 is 15.4 Å². The maximum Gasteiger partial charge on any atom is 0.253 e. The molecule has 1 heterocycles. The van der Waals surface area contributed by atoms with Gasteiger partial charge in [0.15, 0.2) is 0 Å². The van der Waals surface area contributed by atoms with Crippen LogP contribution in [0.3, 0.4) is 0 Å². The highest BCUT2D eigenvalue weighted by Gasteiger charge is 2.11. The lowest BCUT2D eigenvalue weighted by Gasteiger charge is -2.12. The number of carbonyl (C=O) groups excluding carboxylic acids is 1. The molecule has 86 valence electrons. The number of nitrogens with zero attached hydrogens (tertiary/aromatic N) is 1. The Morgan fingerprint density at radius 1 is 1.75 bits per heavy atom. The highest BCUT2D eigenvalue weighted by Crippen LogP contribution is 2.03. The van der Waals surface area contributed by atoms with Crippen molar-refractivity contribution in [3.05, 3.63) is 23.5 Å². The molecule has 0 spiro atoms. The molecule has 0 fully saturated rings. The molecule has 0 saturated heterocycles. The predicted molar refractivity (Wildman–Crippen MR) is 58.8 cm³/mol. The van der Waals surface area contributed by atoms with Crippen LogP contribution in [0.2, 0.25) is 0 Å². The second kappa shape index (κ2) is 5.93. The summed E-state index contributed by atoms with van der Waals surface area (Å²) in [5.74, 6) is -0.205. The number of nitriles is 1. The van der Waals surface area contributed by atoms with Gasteiger partial charge in [-0.2, -0.15) is 5.26 Å². The van der Waals surface area contributed by atoms with Crippen molar-refractivity contribution in [2.75, 3.05) is 6.61 Å². The minimum absolute atomic E-state index is 0.0140. The number of amides is 1. The van der Waals surface area contributed by atoms with Gasteiger partial charge >= 0.3 is 0 Å². The summed E-state index contributed by atoms with van der Waals surface area (Å²) in [7, 11) is 0. The van der Waals surface area contributed by atoms with Crippen LogP contribution in [0.5, 0.6) is 0 Å². The zero-order chi connectivity index (χ0) is 12.0. The van der Waals surface area contributed by atoms with Gasteiger partial charge in [0.2, 0.25) is 0 Å². The summed E-state index contributed by atoms with van der Waals surface area (Å²) in [6.07, 6.45) is 2.91. The molecule has 0 aliphatic carbocycles. The van der Waals surface area contributed by atoms with Crippen LogP contribution in [0.25, 0.3) is 0 Å². The summed E-state index contributed by atoms with van der Waals surface area (Å²) in [6, 6.07) is 3.44. The SMILES string of the molecule is CC(CCCO)NC(=O)c1c[nH]c(C#N)c1. The van der Waals surface area contributed by atoms with Gasteiger partial charge in [-0.15, -0.1) is 0 Å². The Kier molecular flexibility index (Phi) is 4.55. The Bertz CT molecular complexity index is 392. The first-order chi connectivity index (χ1) is 7.67. The average molecular weight is 221 g/mol. The lowest BCUT2D eigenvalue weighted by atomic mass is 10.2. The molecule has 1 unspecified atom stereocenters. The number of hydrogen-bond donors (Lipinski definition) is 3. The van der Waals surface area contributed by atoms with E-state index in [-0.39, 0.29) is 18.6 Å². The van der Waals surface area contributed by atoms with E-state index in [1.165, 1.54) is 12.3 Å². The van der Waals surface area contributed by atoms with E-state index >= 15 is 0 Å². The van der Waals surface area contributed by atoms with Crippen LogP contribution in [-0.4, -0.2) is 28.6 Å². The molecule has 0 aromatic carbocycles. The third kappa shape index (κ3) is 3.41. The van der Waals surface area contributed by atoms with Crippen molar-refractivity contribution in [3.8, 4) is 6.07 Å². The van der Waals surface area contributed by atoms with Crippen LogP contribution >= 0.6 is 0 Å². The summed E-state index contributed by atoms with van der Waals surface area (Å²) in [6.45, 7) is 2.01. The molecule has 0 saturated carbocycles. The lowest BCUT2D eigenvalue weighted by molar-refractivity contribution is 0.0936. The molecule has 1 amide bonds. The van der Waals surface area contributed by atoms with Crippen LogP contribution in [0, 0.1) is 11.3 Å². The van der Waals surface area contributed by atoms with E-state index in [1.54, 1.807) is 0 Å². The second-order valence-corrected chi connectivity index (χ2v) is 3.65. The largest absolute Gasteiger partial charge is 0.396 e. The third-order valence-electron chi connectivity index (χ3n) is 2.24. The molecule has 3 N–H and O–H groups in total. The van der Waals surface area contributed by atoms with E-state index in [2.05, 4.69) is 10.3 Å². The number of H-pyrrole nitrogens is 1. The number of carbonyl (C=O) groups is 1. The van der Waals surface area contributed by atoms with Crippen LogP contribution in [0.1, 0.15) is 35.8 Å². The summed E-state index contributed by atoms with van der Waals surface area (Å²) in [5.41, 5.74) is 0.820. The van der Waals surface area contributed by atoms with Gasteiger partial charge in [0, 0.05) is 18.8 Å². The van der Waals surface area contributed by atoms with E-state index < -0.39 is 0 Å². The van der Waals surface area contributed by atoms with Gasteiger partial charge in [0.05, 0.1) is 5.56 Å². The van der Waals surface area contributed by atoms with Crippen LogP contribution < -0.4 is 5.32 Å². The monoisotopic (exact) mass is 221 g/mol. The van der Waals surface area contributed by atoms with Gasteiger partial charge in [-0.05, 0) is 25.8 Å². The van der Waals surface area contributed by atoms with Crippen molar-refractivity contribution < 1.29 is 9.90 Å². The van der Waals surface area contributed by atoms with Crippen LogP contribution in [-0.2, 0) is 0 Å². The molecular formula is C11H15N3O2. The Morgan fingerprint density at radius 2 is 2.50 bits per heavy atom. The number of aliphatic hydroxyl groups is 1. The van der Waals surface area contributed by atoms with Crippen LogP contribution in [0.4, 0.5) is 0 Å². The van der Waals surface area contributed by atoms with E-state index in [9.17, 15) is 4.79 Å². The van der Waals surface area contributed by atoms with E-state index in [0.29, 0.717) is 17.7 Å². The predicted octanol–water partition coefficient (Wildman–Crippen LogP) is 0.777. The van der Waals surface area contributed by atoms with Gasteiger partial charge in [0.1, 0.15) is 11.8 Å². The Morgan fingerprint density at radius 3 is 3.06 bits per heavy atom. The summed E-state index contributed by atoms with van der Waals surface area (Å²) in [4.78, 5) is 14.3. The molecule has 1 aromatic heterocycles. The Balaban J connectivity index is 2.49. The standard InChI is InChI=1S/C11H15N3O2/c1-8(3-2-4-15)14-11(16)9-5-10(6-12)13-7-9/h5,7-8,13,15H,2-4H2,1H3,(H,14,16). The molecule has 0 radical (unpaired) electrons. The fourth-order valence-electron chi connectivity index (χ4n) is 1.37. The summed E-state index contributed by atoms with van der Waals surface area (Å²) >= 11 is 0. The number of rotatable bonds is 5. The van der Waals surface area contributed by atoms with E-state index in [0.717, 1.165) is 6.42 Å². The zero-order valence-electron chi connectivity index (χ0n) is 9.16. The van der Waals surface area contributed by atoms with Crippen LogP contribution in [0.15, 0.2) is 12.3 Å². The number of nitrogens with one attached hydrogen (secondary N) is 2. The minimum Gasteiger partial charge on any atom is -0.396 e. The highest BCUT2D eigenvalue weighted by molar-refractivity contribution is 5.94. The Labute approximate surface area is 94.1 Å². The van der Waals surface area contributed by atoms with E-state index in [4.69, 9.17) is 10.4 Å². The van der Waals surface area contributed by atoms with Gasteiger partial charge in [-0.1, -0.05) is 0 Å². The van der Waals surface area contributed by atoms with E-state index in [1.807, 2.05) is 13.0 Å². The van der Waals surface area contributed by atoms with Crippen molar-refractivity contribution in [1.29, 1.82) is 5.26 Å². The molecule has 1 rings (SSSR count). The highest BCUT2D eigenvalue weighted by atomic mass is 16.2. The summed E-state index contributed by atoms with van der Waals surface area (Å²) in [5, 5.41) is 20.0. The van der Waals surface area contributed by atoms with Crippen molar-refractivity contribution in [3.63, 3.8) is 0 Å². The molecule has 16 heavy (non-hydrogen) atoms. The first-order valence-electron chi connectivity index (χ1n) is 5.17. The number of aromatic nitrogens is 1. The first-order valence-corrected chi connectivity index (χ1v) is 5.17. The topological polar surface area (TPSA) is 88.9 Å². The van der Waals surface area contributed by atoms with Crippen molar-refractivity contribution in [2.24, 2.45) is 0 Å². The number of hydrogen-bond acceptors (Lipinski definition) is 3. The molecular weight excluding hydrogens is 206 g/mol. The van der Waals surface area contributed by atoms with Gasteiger partial charge in [-0.25, -0.2) is 0 Å². The minimum atomic E-state index is -0.205. The number of aromatic amines is 1. The normalized spacial score (nSPS) is 11.8. The molecule has 0 aliphatic rings. The molecule has 0 bridgehead atoms. The second-order valence-electron chi connectivity index (χ2n) is 3.65. The van der Waals surface area contributed by atoms with Crippen molar-refractivity contribution in [2.45, 2.75) is 25.8 Å². The fraction of sp³-hybridized carbons (Fsp3) is 0.455.